The first-order chi connectivity index (χ1) is 16.5. The molecule has 1 amide bonds. The number of methoxy groups -OCH3 is 1. The number of benzene rings is 3. The molecular weight excluding hydrogens is 472 g/mol. The molecule has 1 saturated heterocycles. The molecule has 2 heterocycles. The lowest BCUT2D eigenvalue weighted by Gasteiger charge is -2.23. The monoisotopic (exact) mass is 494 g/mol. The molecule has 174 valence electrons. The highest BCUT2D eigenvalue weighted by atomic mass is 32.2. The highest BCUT2D eigenvalue weighted by Gasteiger charge is 2.40. The summed E-state index contributed by atoms with van der Waals surface area (Å²) in [5.41, 5.74) is 0.818. The molecule has 1 aromatic heterocycles. The minimum atomic E-state index is -3.87. The fourth-order valence-electron chi connectivity index (χ4n) is 4.17. The molecule has 8 nitrogen and oxygen atoms in total. The van der Waals surface area contributed by atoms with E-state index in [1.165, 1.54) is 15.6 Å². The second kappa shape index (κ2) is 9.13. The third kappa shape index (κ3) is 4.15. The van der Waals surface area contributed by atoms with Crippen LogP contribution in [0.3, 0.4) is 0 Å². The van der Waals surface area contributed by atoms with Gasteiger partial charge < -0.3 is 4.74 Å². The van der Waals surface area contributed by atoms with Crippen LogP contribution in [0.4, 0.5) is 5.13 Å². The molecule has 1 unspecified atom stereocenters. The lowest BCUT2D eigenvalue weighted by molar-refractivity contribution is -0.119. The van der Waals surface area contributed by atoms with E-state index in [0.717, 1.165) is 10.9 Å². The number of nitrogens with one attached hydrogen (secondary N) is 1. The molecule has 1 N–H and O–H groups in total. The third-order valence-corrected chi connectivity index (χ3v) is 8.67. The molecule has 0 bridgehead atoms. The fourth-order valence-corrected chi connectivity index (χ4v) is 6.79. The Bertz CT molecular complexity index is 1460. The SMILES string of the molecule is COc1cccc(-c2nnc(NC(=O)C3CCCN3S(=O)(=O)c3cccc4ccccc34)s2)c1. The maximum Gasteiger partial charge on any atom is 0.244 e. The molecule has 10 heteroatoms. The Balaban J connectivity index is 1.38. The zero-order valence-corrected chi connectivity index (χ0v) is 20.0. The van der Waals surface area contributed by atoms with Gasteiger partial charge in [0.05, 0.1) is 12.0 Å². The van der Waals surface area contributed by atoms with Crippen molar-refractivity contribution in [1.29, 1.82) is 0 Å². The first kappa shape index (κ1) is 22.5. The summed E-state index contributed by atoms with van der Waals surface area (Å²) in [5.74, 6) is 0.285. The van der Waals surface area contributed by atoms with Crippen molar-refractivity contribution in [1.82, 2.24) is 14.5 Å². The number of carbonyl (C=O) groups is 1. The molecule has 1 aliphatic rings. The quantitative estimate of drug-likeness (QED) is 0.432. The molecule has 0 radical (unpaired) electrons. The summed E-state index contributed by atoms with van der Waals surface area (Å²) in [6.07, 6.45) is 1.05. The van der Waals surface area contributed by atoms with Crippen LogP contribution in [0.2, 0.25) is 0 Å². The van der Waals surface area contributed by atoms with Crippen LogP contribution in [-0.4, -0.2) is 48.5 Å². The van der Waals surface area contributed by atoms with Crippen molar-refractivity contribution in [2.24, 2.45) is 0 Å². The molecule has 1 fully saturated rings. The lowest BCUT2D eigenvalue weighted by Crippen LogP contribution is -2.43. The maximum atomic E-state index is 13.6. The number of aromatic nitrogens is 2. The van der Waals surface area contributed by atoms with Crippen molar-refractivity contribution in [3.05, 3.63) is 66.7 Å². The second-order valence-electron chi connectivity index (χ2n) is 7.88. The van der Waals surface area contributed by atoms with Crippen LogP contribution in [0.1, 0.15) is 12.8 Å². The number of nitrogens with zero attached hydrogens (tertiary/aromatic N) is 3. The van der Waals surface area contributed by atoms with Crippen LogP contribution in [0.25, 0.3) is 21.3 Å². The van der Waals surface area contributed by atoms with Gasteiger partial charge in [0.2, 0.25) is 21.1 Å². The number of hydrogen-bond donors (Lipinski definition) is 1. The van der Waals surface area contributed by atoms with E-state index in [-0.39, 0.29) is 11.4 Å². The number of fused-ring (bicyclic) bond motifs is 1. The van der Waals surface area contributed by atoms with E-state index in [2.05, 4.69) is 15.5 Å². The number of amides is 1. The van der Waals surface area contributed by atoms with Gasteiger partial charge in [-0.1, -0.05) is 59.9 Å². The fraction of sp³-hybridized carbons (Fsp3) is 0.208. The van der Waals surface area contributed by atoms with Crippen molar-refractivity contribution < 1.29 is 17.9 Å². The summed E-state index contributed by atoms with van der Waals surface area (Å²) < 4.78 is 33.7. The third-order valence-electron chi connectivity index (χ3n) is 5.81. The van der Waals surface area contributed by atoms with Crippen LogP contribution in [0, 0.1) is 0 Å². The average molecular weight is 495 g/mol. The molecule has 0 aliphatic carbocycles. The van der Waals surface area contributed by atoms with Gasteiger partial charge in [-0.15, -0.1) is 10.2 Å². The van der Waals surface area contributed by atoms with Gasteiger partial charge in [0.25, 0.3) is 0 Å². The van der Waals surface area contributed by atoms with Gasteiger partial charge in [-0.3, -0.25) is 10.1 Å². The van der Waals surface area contributed by atoms with Crippen molar-refractivity contribution in [3.8, 4) is 16.3 Å². The summed E-state index contributed by atoms with van der Waals surface area (Å²) in [6.45, 7) is 0.287. The molecule has 1 atom stereocenters. The van der Waals surface area contributed by atoms with E-state index in [9.17, 15) is 13.2 Å². The van der Waals surface area contributed by atoms with E-state index in [1.807, 2.05) is 48.5 Å². The Morgan fingerprint density at radius 3 is 2.74 bits per heavy atom. The summed E-state index contributed by atoms with van der Waals surface area (Å²) in [7, 11) is -2.28. The van der Waals surface area contributed by atoms with Gasteiger partial charge in [-0.25, -0.2) is 8.42 Å². The lowest BCUT2D eigenvalue weighted by atomic mass is 10.1. The Hall–Kier alpha value is -3.34. The summed E-state index contributed by atoms with van der Waals surface area (Å²) in [5, 5.41) is 13.4. The van der Waals surface area contributed by atoms with E-state index >= 15 is 0 Å². The minimum Gasteiger partial charge on any atom is -0.497 e. The number of hydrogen-bond acceptors (Lipinski definition) is 7. The van der Waals surface area contributed by atoms with E-state index in [1.54, 1.807) is 25.3 Å². The topological polar surface area (TPSA) is 101 Å². The predicted octanol–water partition coefficient (Wildman–Crippen LogP) is 4.16. The normalized spacial score (nSPS) is 16.6. The smallest absolute Gasteiger partial charge is 0.244 e. The van der Waals surface area contributed by atoms with Crippen LogP contribution >= 0.6 is 11.3 Å². The number of carbonyl (C=O) groups excluding carboxylic acids is 1. The standard InChI is InChI=1S/C24H22N4O4S2/c1-32-18-10-4-9-17(15-18)23-26-27-24(33-23)25-22(29)20-12-6-14-28(20)34(30,31)21-13-5-8-16-7-2-3-11-19(16)21/h2-5,7-11,13,15,20H,6,12,14H2,1H3,(H,25,27,29). The molecular formula is C24H22N4O4S2. The van der Waals surface area contributed by atoms with Gasteiger partial charge in [-0.05, 0) is 36.4 Å². The zero-order chi connectivity index (χ0) is 23.7. The number of ether oxygens (including phenoxy) is 1. The van der Waals surface area contributed by atoms with Gasteiger partial charge >= 0.3 is 0 Å². The first-order valence-electron chi connectivity index (χ1n) is 10.8. The van der Waals surface area contributed by atoms with Gasteiger partial charge in [0, 0.05) is 17.5 Å². The average Bonchev–Trinajstić information content (AvgIpc) is 3.54. The summed E-state index contributed by atoms with van der Waals surface area (Å²) >= 11 is 1.22. The number of anilines is 1. The van der Waals surface area contributed by atoms with Crippen LogP contribution in [-0.2, 0) is 14.8 Å². The highest BCUT2D eigenvalue weighted by molar-refractivity contribution is 7.89. The molecule has 34 heavy (non-hydrogen) atoms. The Kier molecular flexibility index (Phi) is 6.03. The summed E-state index contributed by atoms with van der Waals surface area (Å²) in [4.78, 5) is 13.3. The molecule has 5 rings (SSSR count). The number of rotatable bonds is 6. The number of sulfonamides is 1. The first-order valence-corrected chi connectivity index (χ1v) is 13.0. The largest absolute Gasteiger partial charge is 0.497 e. The van der Waals surface area contributed by atoms with Crippen molar-refractivity contribution in [3.63, 3.8) is 0 Å². The maximum absolute atomic E-state index is 13.6. The molecule has 3 aromatic carbocycles. The van der Waals surface area contributed by atoms with Gasteiger partial charge in [-0.2, -0.15) is 4.31 Å². The van der Waals surface area contributed by atoms with E-state index in [0.29, 0.717) is 34.1 Å². The Morgan fingerprint density at radius 1 is 1.09 bits per heavy atom. The zero-order valence-electron chi connectivity index (χ0n) is 18.3. The molecule has 0 spiro atoms. The van der Waals surface area contributed by atoms with Crippen molar-refractivity contribution >= 4 is 43.2 Å². The van der Waals surface area contributed by atoms with Crippen molar-refractivity contribution in [2.75, 3.05) is 19.0 Å². The predicted molar refractivity (Wildman–Crippen MR) is 131 cm³/mol. The molecule has 4 aromatic rings. The van der Waals surface area contributed by atoms with Gasteiger partial charge in [0.1, 0.15) is 16.8 Å². The molecule has 0 saturated carbocycles. The Morgan fingerprint density at radius 2 is 1.88 bits per heavy atom. The summed E-state index contributed by atoms with van der Waals surface area (Å²) in [6, 6.07) is 19.1. The van der Waals surface area contributed by atoms with Crippen LogP contribution in [0.5, 0.6) is 5.75 Å². The minimum absolute atomic E-state index is 0.210. The Labute approximate surface area is 201 Å². The van der Waals surface area contributed by atoms with E-state index in [4.69, 9.17) is 4.74 Å². The van der Waals surface area contributed by atoms with E-state index < -0.39 is 22.0 Å². The van der Waals surface area contributed by atoms with Crippen molar-refractivity contribution in [2.45, 2.75) is 23.8 Å². The highest BCUT2D eigenvalue weighted by Crippen LogP contribution is 2.32. The van der Waals surface area contributed by atoms with Gasteiger partial charge in [0.15, 0.2) is 0 Å². The second-order valence-corrected chi connectivity index (χ2v) is 10.7. The molecule has 1 aliphatic heterocycles. The van der Waals surface area contributed by atoms with Crippen LogP contribution in [0.15, 0.2) is 71.6 Å². The van der Waals surface area contributed by atoms with Crippen LogP contribution < -0.4 is 10.1 Å².